The van der Waals surface area contributed by atoms with Crippen LogP contribution in [0.15, 0.2) is 0 Å². The number of hydrogen-bond donors (Lipinski definition) is 2. The standard InChI is InChI=1S/C10H22O.C2H6O2/c1-5-7-9(3)11-10(4)8-6-2;3-1-2-4/h9-10H,5-8H2,1-4H3;3-4H,1-2H2. The second-order valence-corrected chi connectivity index (χ2v) is 3.78. The Kier molecular flexibility index (Phi) is 16.0. The molecule has 0 fully saturated rings. The van der Waals surface area contributed by atoms with Crippen LogP contribution in [0.2, 0.25) is 0 Å². The summed E-state index contributed by atoms with van der Waals surface area (Å²) in [5.74, 6) is 0. The van der Waals surface area contributed by atoms with Crippen LogP contribution >= 0.6 is 0 Å². The van der Waals surface area contributed by atoms with E-state index in [1.165, 1.54) is 25.7 Å². The molecule has 0 aromatic carbocycles. The summed E-state index contributed by atoms with van der Waals surface area (Å²) in [6.45, 7) is 8.47. The fraction of sp³-hybridized carbons (Fsp3) is 1.00. The van der Waals surface area contributed by atoms with E-state index >= 15 is 0 Å². The molecule has 3 heteroatoms. The Morgan fingerprint density at radius 3 is 1.40 bits per heavy atom. The molecule has 2 N–H and O–H groups in total. The van der Waals surface area contributed by atoms with Gasteiger partial charge < -0.3 is 14.9 Å². The van der Waals surface area contributed by atoms with Crippen molar-refractivity contribution in [3.63, 3.8) is 0 Å². The van der Waals surface area contributed by atoms with Crippen molar-refractivity contribution in [3.8, 4) is 0 Å². The van der Waals surface area contributed by atoms with Crippen molar-refractivity contribution >= 4 is 0 Å². The molecule has 0 saturated carbocycles. The number of aliphatic hydroxyl groups is 2. The molecule has 0 saturated heterocycles. The van der Waals surface area contributed by atoms with E-state index in [9.17, 15) is 0 Å². The first-order chi connectivity index (χ1) is 7.12. The zero-order valence-corrected chi connectivity index (χ0v) is 10.7. The maximum absolute atomic E-state index is 7.62. The molecule has 0 spiro atoms. The third-order valence-corrected chi connectivity index (χ3v) is 1.96. The molecule has 0 bridgehead atoms. The molecule has 0 radical (unpaired) electrons. The lowest BCUT2D eigenvalue weighted by atomic mass is 10.2. The van der Waals surface area contributed by atoms with Crippen LogP contribution in [0.25, 0.3) is 0 Å². The van der Waals surface area contributed by atoms with Crippen LogP contribution in [0.1, 0.15) is 53.4 Å². The lowest BCUT2D eigenvalue weighted by Crippen LogP contribution is -2.16. The van der Waals surface area contributed by atoms with Crippen molar-refractivity contribution in [1.29, 1.82) is 0 Å². The van der Waals surface area contributed by atoms with Gasteiger partial charge in [-0.05, 0) is 26.7 Å². The van der Waals surface area contributed by atoms with E-state index in [2.05, 4.69) is 27.7 Å². The second kappa shape index (κ2) is 13.9. The number of hydrogen-bond acceptors (Lipinski definition) is 3. The fourth-order valence-electron chi connectivity index (χ4n) is 1.35. The first kappa shape index (κ1) is 17.3. The highest BCUT2D eigenvalue weighted by Gasteiger charge is 2.05. The molecule has 0 heterocycles. The summed E-state index contributed by atoms with van der Waals surface area (Å²) in [5.41, 5.74) is 0. The monoisotopic (exact) mass is 220 g/mol. The van der Waals surface area contributed by atoms with Gasteiger partial charge in [0.1, 0.15) is 0 Å². The van der Waals surface area contributed by atoms with E-state index < -0.39 is 0 Å². The quantitative estimate of drug-likeness (QED) is 0.692. The predicted octanol–water partition coefficient (Wildman–Crippen LogP) is 2.35. The molecule has 3 nitrogen and oxygen atoms in total. The van der Waals surface area contributed by atoms with Crippen LogP contribution < -0.4 is 0 Å². The van der Waals surface area contributed by atoms with Gasteiger partial charge in [-0.1, -0.05) is 26.7 Å². The molecular weight excluding hydrogens is 192 g/mol. The molecular formula is C12H28O3. The topological polar surface area (TPSA) is 49.7 Å². The fourth-order valence-corrected chi connectivity index (χ4v) is 1.35. The Labute approximate surface area is 94.5 Å². The summed E-state index contributed by atoms with van der Waals surface area (Å²) < 4.78 is 5.73. The molecule has 0 aliphatic heterocycles. The van der Waals surface area contributed by atoms with Gasteiger partial charge in [0.05, 0.1) is 25.4 Å². The number of aliphatic hydroxyl groups excluding tert-OH is 2. The smallest absolute Gasteiger partial charge is 0.0662 e. The largest absolute Gasteiger partial charge is 0.394 e. The molecule has 15 heavy (non-hydrogen) atoms. The third-order valence-electron chi connectivity index (χ3n) is 1.96. The first-order valence-electron chi connectivity index (χ1n) is 5.99. The minimum absolute atomic E-state index is 0.125. The van der Waals surface area contributed by atoms with Crippen LogP contribution in [-0.2, 0) is 4.74 Å². The minimum atomic E-state index is -0.125. The summed E-state index contributed by atoms with van der Waals surface area (Å²) in [5, 5.41) is 15.2. The van der Waals surface area contributed by atoms with Crippen molar-refractivity contribution < 1.29 is 14.9 Å². The summed E-state index contributed by atoms with van der Waals surface area (Å²) in [6, 6.07) is 0. The van der Waals surface area contributed by atoms with Gasteiger partial charge in [0.15, 0.2) is 0 Å². The number of rotatable bonds is 7. The van der Waals surface area contributed by atoms with Crippen molar-refractivity contribution in [2.24, 2.45) is 0 Å². The van der Waals surface area contributed by atoms with Gasteiger partial charge in [-0.3, -0.25) is 0 Å². The molecule has 0 rings (SSSR count). The summed E-state index contributed by atoms with van der Waals surface area (Å²) >= 11 is 0. The third kappa shape index (κ3) is 16.5. The van der Waals surface area contributed by atoms with Crippen molar-refractivity contribution in [3.05, 3.63) is 0 Å². The average molecular weight is 220 g/mol. The maximum atomic E-state index is 7.62. The van der Waals surface area contributed by atoms with E-state index in [1.807, 2.05) is 0 Å². The predicted molar refractivity (Wildman–Crippen MR) is 64.0 cm³/mol. The van der Waals surface area contributed by atoms with Gasteiger partial charge in [-0.15, -0.1) is 0 Å². The van der Waals surface area contributed by atoms with Crippen molar-refractivity contribution in [2.75, 3.05) is 13.2 Å². The molecule has 0 amide bonds. The van der Waals surface area contributed by atoms with E-state index in [0.29, 0.717) is 12.2 Å². The molecule has 2 unspecified atom stereocenters. The highest BCUT2D eigenvalue weighted by molar-refractivity contribution is 4.54. The van der Waals surface area contributed by atoms with Crippen LogP contribution in [0.4, 0.5) is 0 Å². The molecule has 2 atom stereocenters. The van der Waals surface area contributed by atoms with E-state index in [1.54, 1.807) is 0 Å². The summed E-state index contributed by atoms with van der Waals surface area (Å²) in [6.07, 6.45) is 5.71. The van der Waals surface area contributed by atoms with E-state index in [0.717, 1.165) is 0 Å². The Morgan fingerprint density at radius 1 is 0.867 bits per heavy atom. The molecule has 94 valence electrons. The Hall–Kier alpha value is -0.120. The Morgan fingerprint density at radius 2 is 1.20 bits per heavy atom. The molecule has 0 aromatic heterocycles. The van der Waals surface area contributed by atoms with Gasteiger partial charge in [0.2, 0.25) is 0 Å². The van der Waals surface area contributed by atoms with Crippen molar-refractivity contribution in [2.45, 2.75) is 65.6 Å². The summed E-state index contributed by atoms with van der Waals surface area (Å²) in [7, 11) is 0. The second-order valence-electron chi connectivity index (χ2n) is 3.78. The lowest BCUT2D eigenvalue weighted by molar-refractivity contribution is -0.000491. The van der Waals surface area contributed by atoms with Crippen LogP contribution in [0, 0.1) is 0 Å². The minimum Gasteiger partial charge on any atom is -0.394 e. The average Bonchev–Trinajstić information content (AvgIpc) is 2.18. The molecule has 0 aliphatic carbocycles. The Balaban J connectivity index is 0. The van der Waals surface area contributed by atoms with Gasteiger partial charge >= 0.3 is 0 Å². The van der Waals surface area contributed by atoms with E-state index in [4.69, 9.17) is 14.9 Å². The zero-order chi connectivity index (χ0) is 12.1. The van der Waals surface area contributed by atoms with Crippen LogP contribution in [0.3, 0.4) is 0 Å². The van der Waals surface area contributed by atoms with Crippen LogP contribution in [-0.4, -0.2) is 35.6 Å². The van der Waals surface area contributed by atoms with Gasteiger partial charge in [-0.25, -0.2) is 0 Å². The molecule has 0 aliphatic rings. The van der Waals surface area contributed by atoms with Gasteiger partial charge in [0, 0.05) is 0 Å². The number of ether oxygens (including phenoxy) is 1. The zero-order valence-electron chi connectivity index (χ0n) is 10.7. The first-order valence-corrected chi connectivity index (χ1v) is 5.99. The van der Waals surface area contributed by atoms with Crippen LogP contribution in [0.5, 0.6) is 0 Å². The van der Waals surface area contributed by atoms with Gasteiger partial charge in [-0.2, -0.15) is 0 Å². The highest BCUT2D eigenvalue weighted by Crippen LogP contribution is 2.08. The molecule has 0 aromatic rings. The summed E-state index contributed by atoms with van der Waals surface area (Å²) in [4.78, 5) is 0. The normalized spacial score (nSPS) is 14.0. The van der Waals surface area contributed by atoms with Crippen molar-refractivity contribution in [1.82, 2.24) is 0 Å². The van der Waals surface area contributed by atoms with E-state index in [-0.39, 0.29) is 13.2 Å². The highest BCUT2D eigenvalue weighted by atomic mass is 16.5. The Bertz CT molecular complexity index is 95.0. The van der Waals surface area contributed by atoms with Gasteiger partial charge in [0.25, 0.3) is 0 Å². The lowest BCUT2D eigenvalue weighted by Gasteiger charge is -2.17. The maximum Gasteiger partial charge on any atom is 0.0662 e. The SMILES string of the molecule is CCCC(C)OC(C)CCC.OCCO.